The molecule has 1 N–H and O–H groups in total. The molecule has 0 atom stereocenters. The van der Waals surface area contributed by atoms with Crippen molar-refractivity contribution in [1.82, 2.24) is 5.23 Å². The van der Waals surface area contributed by atoms with Crippen LogP contribution in [0.15, 0.2) is 10.2 Å². The summed E-state index contributed by atoms with van der Waals surface area (Å²) in [7, 11) is 0.537. The van der Waals surface area contributed by atoms with Crippen molar-refractivity contribution in [3.05, 3.63) is 0 Å². The second-order valence-electron chi connectivity index (χ2n) is 2.33. The van der Waals surface area contributed by atoms with Crippen molar-refractivity contribution < 1.29 is 4.79 Å². The minimum atomic E-state index is -0.304. The van der Waals surface area contributed by atoms with Crippen molar-refractivity contribution in [2.24, 2.45) is 10.2 Å². The molecule has 0 fully saturated rings. The monoisotopic (exact) mass is 251 g/mol. The first-order chi connectivity index (χ1) is 4.66. The van der Waals surface area contributed by atoms with Crippen LogP contribution in [-0.2, 0) is 4.79 Å². The summed E-state index contributed by atoms with van der Waals surface area (Å²) in [5.41, 5.74) is -0.304. The van der Waals surface area contributed by atoms with E-state index in [1.165, 1.54) is 0 Å². The maximum atomic E-state index is 10.7. The number of nitrogens with one attached hydrogen (secondary N) is 1. The maximum absolute atomic E-state index is 10.7. The molecular weight excluding hydrogens is 244 g/mol. The minimum Gasteiger partial charge on any atom is -0.397 e. The van der Waals surface area contributed by atoms with Crippen molar-refractivity contribution in [3.63, 3.8) is 0 Å². The van der Waals surface area contributed by atoms with Crippen LogP contribution in [0.5, 0.6) is 0 Å². The highest BCUT2D eigenvalue weighted by molar-refractivity contribution is 14.1. The highest BCUT2D eigenvalue weighted by atomic mass is 127. The van der Waals surface area contributed by atoms with E-state index >= 15 is 0 Å². The Bertz CT molecular complexity index is 177. The standard InChI is InChI=1S/C4H7BIN3O/c1-4(8-9-4)5-7-3(10)2-6/h5H,2H2,1H3,(H,7,10). The molecule has 0 unspecified atom stereocenters. The summed E-state index contributed by atoms with van der Waals surface area (Å²) in [6, 6.07) is 0. The van der Waals surface area contributed by atoms with Gasteiger partial charge in [-0.3, -0.25) is 4.79 Å². The summed E-state index contributed by atoms with van der Waals surface area (Å²) in [4.78, 5) is 10.7. The first kappa shape index (κ1) is 7.97. The molecule has 1 heterocycles. The van der Waals surface area contributed by atoms with Crippen LogP contribution in [0.25, 0.3) is 0 Å². The molecule has 0 aromatic heterocycles. The molecule has 0 aliphatic carbocycles. The Morgan fingerprint density at radius 2 is 2.40 bits per heavy atom. The van der Waals surface area contributed by atoms with Crippen LogP contribution in [0, 0.1) is 0 Å². The number of amides is 1. The van der Waals surface area contributed by atoms with Crippen LogP contribution in [0.2, 0.25) is 0 Å². The second-order valence-corrected chi connectivity index (χ2v) is 3.09. The lowest BCUT2D eigenvalue weighted by molar-refractivity contribution is -0.116. The van der Waals surface area contributed by atoms with Crippen molar-refractivity contribution in [2.75, 3.05) is 4.43 Å². The summed E-state index contributed by atoms with van der Waals surface area (Å²) < 4.78 is 0.494. The fraction of sp³-hybridized carbons (Fsp3) is 0.750. The number of nitrogens with zero attached hydrogens (tertiary/aromatic N) is 2. The van der Waals surface area contributed by atoms with E-state index in [9.17, 15) is 4.79 Å². The molecule has 1 aliphatic heterocycles. The zero-order chi connectivity index (χ0) is 7.61. The molecule has 1 amide bonds. The minimum absolute atomic E-state index is 0.0409. The van der Waals surface area contributed by atoms with Crippen LogP contribution in [0.3, 0.4) is 0 Å². The summed E-state index contributed by atoms with van der Waals surface area (Å²) in [5, 5.41) is 10.2. The quantitative estimate of drug-likeness (QED) is 0.429. The average Bonchev–Trinajstić information content (AvgIpc) is 2.64. The predicted molar refractivity (Wildman–Crippen MR) is 47.4 cm³/mol. The van der Waals surface area contributed by atoms with Gasteiger partial charge in [0.2, 0.25) is 5.91 Å². The van der Waals surface area contributed by atoms with Crippen LogP contribution < -0.4 is 5.23 Å². The summed E-state index contributed by atoms with van der Waals surface area (Å²) in [6.45, 7) is 1.88. The van der Waals surface area contributed by atoms with E-state index in [-0.39, 0.29) is 11.5 Å². The Balaban J connectivity index is 2.11. The van der Waals surface area contributed by atoms with Crippen molar-refractivity contribution >= 4 is 35.9 Å². The van der Waals surface area contributed by atoms with Gasteiger partial charge in [0, 0.05) is 0 Å². The van der Waals surface area contributed by atoms with Crippen LogP contribution in [0.1, 0.15) is 6.92 Å². The number of alkyl halides is 1. The van der Waals surface area contributed by atoms with Crippen molar-refractivity contribution in [2.45, 2.75) is 12.5 Å². The SMILES string of the molecule is CC1(BNC(=O)CI)N=N1. The molecule has 0 spiro atoms. The fourth-order valence-electron chi connectivity index (χ4n) is 0.469. The van der Waals surface area contributed by atoms with Gasteiger partial charge in [-0.05, 0) is 6.92 Å². The van der Waals surface area contributed by atoms with Crippen LogP contribution in [0.4, 0.5) is 0 Å². The normalized spacial score (nSPS) is 18.2. The van der Waals surface area contributed by atoms with E-state index in [1.54, 1.807) is 0 Å². The third kappa shape index (κ3) is 2.24. The number of halogens is 1. The molecule has 10 heavy (non-hydrogen) atoms. The van der Waals surface area contributed by atoms with E-state index in [0.717, 1.165) is 0 Å². The van der Waals surface area contributed by atoms with Gasteiger partial charge in [-0.2, -0.15) is 10.2 Å². The summed E-state index contributed by atoms with van der Waals surface area (Å²) in [6.07, 6.45) is 0. The third-order valence-electron chi connectivity index (χ3n) is 1.18. The van der Waals surface area contributed by atoms with Crippen LogP contribution >= 0.6 is 22.6 Å². The molecule has 6 heteroatoms. The highest BCUT2D eigenvalue weighted by Gasteiger charge is 2.35. The Morgan fingerprint density at radius 3 is 2.80 bits per heavy atom. The van der Waals surface area contributed by atoms with Crippen molar-refractivity contribution in [1.29, 1.82) is 0 Å². The molecule has 4 nitrogen and oxygen atoms in total. The largest absolute Gasteiger partial charge is 0.397 e. The second kappa shape index (κ2) is 2.85. The summed E-state index contributed by atoms with van der Waals surface area (Å²) in [5.74, 6) is 0.0409. The molecule has 54 valence electrons. The first-order valence-corrected chi connectivity index (χ1v) is 4.45. The average molecular weight is 251 g/mol. The van der Waals surface area contributed by atoms with Gasteiger partial charge in [-0.15, -0.1) is 0 Å². The maximum Gasteiger partial charge on any atom is 0.298 e. The number of carbonyl (C=O) groups is 1. The van der Waals surface area contributed by atoms with Gasteiger partial charge in [0.15, 0.2) is 5.56 Å². The molecule has 0 aromatic rings. The van der Waals surface area contributed by atoms with E-state index in [4.69, 9.17) is 0 Å². The lowest BCUT2D eigenvalue weighted by Gasteiger charge is -2.01. The van der Waals surface area contributed by atoms with Crippen LogP contribution in [-0.4, -0.2) is 23.3 Å². The molecule has 0 saturated heterocycles. The zero-order valence-corrected chi connectivity index (χ0v) is 7.75. The Hall–Kier alpha value is -0.135. The zero-order valence-electron chi connectivity index (χ0n) is 5.59. The Morgan fingerprint density at radius 1 is 1.80 bits per heavy atom. The Kier molecular flexibility index (Phi) is 2.27. The predicted octanol–water partition coefficient (Wildman–Crippen LogP) is 0.0286. The molecule has 1 aliphatic rings. The molecule has 0 aromatic carbocycles. The number of hydrogen-bond donors (Lipinski definition) is 1. The van der Waals surface area contributed by atoms with E-state index < -0.39 is 0 Å². The fourth-order valence-corrected chi connectivity index (χ4v) is 0.739. The Labute approximate surface area is 73.3 Å². The van der Waals surface area contributed by atoms with E-state index in [0.29, 0.717) is 11.8 Å². The molecule has 1 rings (SSSR count). The van der Waals surface area contributed by atoms with Gasteiger partial charge in [0.25, 0.3) is 7.41 Å². The van der Waals surface area contributed by atoms with Gasteiger partial charge in [0.1, 0.15) is 0 Å². The summed E-state index contributed by atoms with van der Waals surface area (Å²) >= 11 is 2.01. The molecule has 0 saturated carbocycles. The topological polar surface area (TPSA) is 53.8 Å². The van der Waals surface area contributed by atoms with E-state index in [1.807, 2.05) is 29.5 Å². The lowest BCUT2D eigenvalue weighted by atomic mass is 9.80. The first-order valence-electron chi connectivity index (χ1n) is 2.93. The van der Waals surface area contributed by atoms with Gasteiger partial charge in [-0.1, -0.05) is 22.6 Å². The number of rotatable bonds is 3. The molecule has 0 radical (unpaired) electrons. The van der Waals surface area contributed by atoms with E-state index in [2.05, 4.69) is 15.5 Å². The molecular formula is C4H7BIN3O. The van der Waals surface area contributed by atoms with Crippen molar-refractivity contribution in [3.8, 4) is 0 Å². The molecule has 0 bridgehead atoms. The van der Waals surface area contributed by atoms with Gasteiger partial charge >= 0.3 is 0 Å². The van der Waals surface area contributed by atoms with Gasteiger partial charge in [0.05, 0.1) is 4.43 Å². The smallest absolute Gasteiger partial charge is 0.298 e. The van der Waals surface area contributed by atoms with Gasteiger partial charge in [-0.25, -0.2) is 0 Å². The number of hydrogen-bond acceptors (Lipinski definition) is 3. The highest BCUT2D eigenvalue weighted by Crippen LogP contribution is 2.23. The third-order valence-corrected chi connectivity index (χ3v) is 1.88. The number of carbonyl (C=O) groups excluding carboxylic acids is 1. The van der Waals surface area contributed by atoms with Gasteiger partial charge < -0.3 is 5.23 Å². The lowest BCUT2D eigenvalue weighted by Crippen LogP contribution is -2.36.